The molecule has 0 saturated carbocycles. The van der Waals surface area contributed by atoms with Crippen LogP contribution in [-0.2, 0) is 6.61 Å². The van der Waals surface area contributed by atoms with E-state index in [0.717, 1.165) is 15.7 Å². The van der Waals surface area contributed by atoms with Crippen LogP contribution in [-0.4, -0.2) is 23.2 Å². The number of nitrogens with zero attached hydrogens (tertiary/aromatic N) is 2. The number of hydrogen-bond donors (Lipinski definition) is 1. The van der Waals surface area contributed by atoms with Crippen LogP contribution in [0.5, 0.6) is 0 Å². The minimum Gasteiger partial charge on any atom is -0.391 e. The molecule has 0 fully saturated rings. The molecule has 1 unspecified atom stereocenters. The molecule has 1 heterocycles. The van der Waals surface area contributed by atoms with E-state index in [1.54, 1.807) is 11.3 Å². The average molecular weight is 242 g/mol. The highest BCUT2D eigenvalue weighted by Crippen LogP contribution is 2.31. The third kappa shape index (κ3) is 2.74. The van der Waals surface area contributed by atoms with Crippen molar-refractivity contribution in [2.24, 2.45) is 5.41 Å². The number of aryl methyl sites for hydroxylation is 1. The Bertz CT molecular complexity index is 354. The second-order valence-corrected chi connectivity index (χ2v) is 6.38. The summed E-state index contributed by atoms with van der Waals surface area (Å²) in [6, 6.07) is 0.407. The summed E-state index contributed by atoms with van der Waals surface area (Å²) in [4.78, 5) is 7.65. The molecule has 1 aromatic rings. The molecule has 0 aliphatic heterocycles. The lowest BCUT2D eigenvalue weighted by atomic mass is 9.87. The van der Waals surface area contributed by atoms with Crippen molar-refractivity contribution in [3.05, 3.63) is 10.6 Å². The van der Waals surface area contributed by atoms with E-state index in [2.05, 4.69) is 44.6 Å². The van der Waals surface area contributed by atoms with E-state index in [9.17, 15) is 0 Å². The van der Waals surface area contributed by atoms with Gasteiger partial charge in [-0.2, -0.15) is 0 Å². The highest BCUT2D eigenvalue weighted by atomic mass is 32.1. The Morgan fingerprint density at radius 1 is 1.44 bits per heavy atom. The first-order chi connectivity index (χ1) is 7.27. The van der Waals surface area contributed by atoms with Crippen LogP contribution >= 0.6 is 11.3 Å². The Morgan fingerprint density at radius 2 is 2.00 bits per heavy atom. The van der Waals surface area contributed by atoms with Crippen LogP contribution in [0.3, 0.4) is 0 Å². The second kappa shape index (κ2) is 4.72. The molecule has 3 nitrogen and oxygen atoms in total. The van der Waals surface area contributed by atoms with E-state index in [1.165, 1.54) is 0 Å². The number of aromatic nitrogens is 1. The summed E-state index contributed by atoms with van der Waals surface area (Å²) >= 11 is 1.58. The van der Waals surface area contributed by atoms with Crippen molar-refractivity contribution in [3.63, 3.8) is 0 Å². The standard InChI is InChI=1S/C12H22N2OS/c1-8-10(7-15)16-11(13-8)14(6)9(2)12(3,4)5/h9,15H,7H2,1-6H3. The van der Waals surface area contributed by atoms with Gasteiger partial charge in [0.15, 0.2) is 5.13 Å². The SMILES string of the molecule is Cc1nc(N(C)C(C)C(C)(C)C)sc1CO. The van der Waals surface area contributed by atoms with Gasteiger partial charge in [0.1, 0.15) is 0 Å². The topological polar surface area (TPSA) is 36.4 Å². The number of anilines is 1. The first kappa shape index (κ1) is 13.5. The Hall–Kier alpha value is -0.610. The zero-order valence-corrected chi connectivity index (χ0v) is 11.9. The largest absolute Gasteiger partial charge is 0.391 e. The molecular weight excluding hydrogens is 220 g/mol. The summed E-state index contributed by atoms with van der Waals surface area (Å²) in [5.74, 6) is 0. The normalized spacial score (nSPS) is 13.9. The van der Waals surface area contributed by atoms with Gasteiger partial charge in [-0.15, -0.1) is 0 Å². The molecule has 0 aliphatic rings. The van der Waals surface area contributed by atoms with Gasteiger partial charge in [-0.1, -0.05) is 32.1 Å². The smallest absolute Gasteiger partial charge is 0.185 e. The van der Waals surface area contributed by atoms with Gasteiger partial charge in [0.2, 0.25) is 0 Å². The lowest BCUT2D eigenvalue weighted by molar-refractivity contribution is 0.284. The molecule has 4 heteroatoms. The minimum absolute atomic E-state index is 0.0846. The predicted octanol–water partition coefficient (Wildman–Crippen LogP) is 2.81. The lowest BCUT2D eigenvalue weighted by Gasteiger charge is -2.35. The molecule has 92 valence electrons. The fourth-order valence-corrected chi connectivity index (χ4v) is 2.42. The number of rotatable bonds is 3. The molecule has 1 N–H and O–H groups in total. The monoisotopic (exact) mass is 242 g/mol. The predicted molar refractivity (Wildman–Crippen MR) is 70.1 cm³/mol. The Morgan fingerprint density at radius 3 is 2.38 bits per heavy atom. The zero-order chi connectivity index (χ0) is 12.5. The van der Waals surface area contributed by atoms with Gasteiger partial charge < -0.3 is 10.0 Å². The van der Waals surface area contributed by atoms with Gasteiger partial charge in [0.05, 0.1) is 17.2 Å². The maximum absolute atomic E-state index is 9.16. The van der Waals surface area contributed by atoms with Crippen LogP contribution in [0.4, 0.5) is 5.13 Å². The molecule has 1 aromatic heterocycles. The maximum Gasteiger partial charge on any atom is 0.185 e. The molecule has 0 amide bonds. The van der Waals surface area contributed by atoms with Crippen molar-refractivity contribution in [3.8, 4) is 0 Å². The van der Waals surface area contributed by atoms with Crippen molar-refractivity contribution in [2.75, 3.05) is 11.9 Å². The summed E-state index contributed by atoms with van der Waals surface area (Å²) in [6.45, 7) is 10.9. The highest BCUT2D eigenvalue weighted by Gasteiger charge is 2.26. The summed E-state index contributed by atoms with van der Waals surface area (Å²) in [6.07, 6.45) is 0. The van der Waals surface area contributed by atoms with E-state index in [1.807, 2.05) is 6.92 Å². The Labute approximate surface area is 102 Å². The van der Waals surface area contributed by atoms with Crippen molar-refractivity contribution in [1.29, 1.82) is 0 Å². The van der Waals surface area contributed by atoms with Crippen molar-refractivity contribution < 1.29 is 5.11 Å². The van der Waals surface area contributed by atoms with Gasteiger partial charge in [-0.05, 0) is 19.3 Å². The number of thiazole rings is 1. The molecular formula is C12H22N2OS. The fourth-order valence-electron chi connectivity index (χ4n) is 1.46. The van der Waals surface area contributed by atoms with Crippen molar-refractivity contribution >= 4 is 16.5 Å². The van der Waals surface area contributed by atoms with Crippen LogP contribution in [0.1, 0.15) is 38.3 Å². The molecule has 1 atom stereocenters. The first-order valence-corrected chi connectivity index (χ1v) is 6.39. The Balaban J connectivity index is 2.92. The summed E-state index contributed by atoms with van der Waals surface area (Å²) in [7, 11) is 2.06. The fraction of sp³-hybridized carbons (Fsp3) is 0.750. The minimum atomic E-state index is 0.0846. The van der Waals surface area contributed by atoms with Crippen LogP contribution in [0, 0.1) is 12.3 Å². The third-order valence-corrected chi connectivity index (χ3v) is 4.39. The van der Waals surface area contributed by atoms with Crippen molar-refractivity contribution in [1.82, 2.24) is 4.98 Å². The number of hydrogen-bond acceptors (Lipinski definition) is 4. The second-order valence-electron chi connectivity index (χ2n) is 5.32. The van der Waals surface area contributed by atoms with Gasteiger partial charge >= 0.3 is 0 Å². The van der Waals surface area contributed by atoms with Crippen LogP contribution < -0.4 is 4.90 Å². The third-order valence-electron chi connectivity index (χ3n) is 3.16. The quantitative estimate of drug-likeness (QED) is 0.885. The molecule has 0 aliphatic carbocycles. The van der Waals surface area contributed by atoms with Crippen LogP contribution in [0.2, 0.25) is 0 Å². The van der Waals surface area contributed by atoms with E-state index in [-0.39, 0.29) is 12.0 Å². The molecule has 0 aromatic carbocycles. The Kier molecular flexibility index (Phi) is 3.97. The summed E-state index contributed by atoms with van der Waals surface area (Å²) in [5.41, 5.74) is 1.16. The zero-order valence-electron chi connectivity index (χ0n) is 11.0. The first-order valence-electron chi connectivity index (χ1n) is 5.57. The van der Waals surface area contributed by atoms with E-state index in [4.69, 9.17) is 5.11 Å². The summed E-state index contributed by atoms with van der Waals surface area (Å²) < 4.78 is 0. The van der Waals surface area contributed by atoms with E-state index < -0.39 is 0 Å². The van der Waals surface area contributed by atoms with Gasteiger partial charge in [0.25, 0.3) is 0 Å². The summed E-state index contributed by atoms with van der Waals surface area (Å²) in [5, 5.41) is 10.2. The molecule has 16 heavy (non-hydrogen) atoms. The molecule has 0 spiro atoms. The van der Waals surface area contributed by atoms with Crippen LogP contribution in [0.25, 0.3) is 0 Å². The van der Waals surface area contributed by atoms with Crippen molar-refractivity contribution in [2.45, 2.75) is 47.3 Å². The number of aliphatic hydroxyl groups excluding tert-OH is 1. The van der Waals surface area contributed by atoms with Gasteiger partial charge in [0, 0.05) is 13.1 Å². The van der Waals surface area contributed by atoms with E-state index in [0.29, 0.717) is 6.04 Å². The molecule has 1 rings (SSSR count). The maximum atomic E-state index is 9.16. The molecule has 0 saturated heterocycles. The van der Waals surface area contributed by atoms with Gasteiger partial charge in [-0.25, -0.2) is 4.98 Å². The van der Waals surface area contributed by atoms with Crippen LogP contribution in [0.15, 0.2) is 0 Å². The van der Waals surface area contributed by atoms with E-state index >= 15 is 0 Å². The lowest BCUT2D eigenvalue weighted by Crippen LogP contribution is -2.39. The molecule has 0 radical (unpaired) electrons. The molecule has 0 bridgehead atoms. The highest BCUT2D eigenvalue weighted by molar-refractivity contribution is 7.15. The average Bonchev–Trinajstić information content (AvgIpc) is 2.56. The number of aliphatic hydroxyl groups is 1. The van der Waals surface area contributed by atoms with Gasteiger partial charge in [-0.3, -0.25) is 0 Å².